The Bertz CT molecular complexity index is 476. The van der Waals surface area contributed by atoms with Crippen LogP contribution in [0.2, 0.25) is 0 Å². The van der Waals surface area contributed by atoms with Gasteiger partial charge in [0.25, 0.3) is 0 Å². The number of furan rings is 1. The minimum absolute atomic E-state index is 0.262. The molecular formula is C15H19NO2S. The van der Waals surface area contributed by atoms with Crippen LogP contribution in [0.25, 0.3) is 6.08 Å². The second-order valence-corrected chi connectivity index (χ2v) is 5.47. The van der Waals surface area contributed by atoms with E-state index in [1.165, 1.54) is 0 Å². The number of nitrogens with one attached hydrogen (secondary N) is 1. The minimum atomic E-state index is -0.378. The molecule has 102 valence electrons. The van der Waals surface area contributed by atoms with E-state index in [0.717, 1.165) is 23.6 Å². The molecule has 0 amide bonds. The Morgan fingerprint density at radius 1 is 1.42 bits per heavy atom. The normalized spacial score (nSPS) is 14.8. The number of hydrogen-bond donors (Lipinski definition) is 2. The smallest absolute Gasteiger partial charge is 0.126 e. The van der Waals surface area contributed by atoms with Crippen molar-refractivity contribution < 1.29 is 9.52 Å². The highest BCUT2D eigenvalue weighted by Crippen LogP contribution is 2.22. The Labute approximate surface area is 117 Å². The first-order chi connectivity index (χ1) is 9.25. The molecule has 2 N–H and O–H groups in total. The van der Waals surface area contributed by atoms with E-state index in [4.69, 9.17) is 4.42 Å². The van der Waals surface area contributed by atoms with Gasteiger partial charge >= 0.3 is 0 Å². The third-order valence-electron chi connectivity index (χ3n) is 2.86. The summed E-state index contributed by atoms with van der Waals surface area (Å²) in [6.45, 7) is 2.84. The topological polar surface area (TPSA) is 45.4 Å². The van der Waals surface area contributed by atoms with Crippen LogP contribution in [0, 0.1) is 0 Å². The summed E-state index contributed by atoms with van der Waals surface area (Å²) in [7, 11) is 0. The lowest BCUT2D eigenvalue weighted by atomic mass is 10.1. The van der Waals surface area contributed by atoms with Crippen LogP contribution in [0.1, 0.15) is 30.1 Å². The summed E-state index contributed by atoms with van der Waals surface area (Å²) in [4.78, 5) is 1.03. The van der Waals surface area contributed by atoms with Crippen LogP contribution in [0.5, 0.6) is 0 Å². The van der Waals surface area contributed by atoms with Crippen molar-refractivity contribution >= 4 is 17.4 Å². The van der Waals surface area contributed by atoms with Gasteiger partial charge in [-0.25, -0.2) is 0 Å². The van der Waals surface area contributed by atoms with Crippen molar-refractivity contribution in [2.45, 2.75) is 25.5 Å². The summed E-state index contributed by atoms with van der Waals surface area (Å²) in [5, 5.41) is 15.4. The Hall–Kier alpha value is -1.36. The molecule has 2 aromatic rings. The van der Waals surface area contributed by atoms with Gasteiger partial charge in [-0.15, -0.1) is 11.3 Å². The Morgan fingerprint density at radius 3 is 3.00 bits per heavy atom. The monoisotopic (exact) mass is 277 g/mol. The standard InChI is InChI=1S/C15H19NO2S/c1-12(11-14(17)15-7-4-10-19-15)16-8-2-5-13-6-3-9-18-13/h2-7,9-10,12,14,16-17H,8,11H2,1H3/b5-2+. The molecule has 2 atom stereocenters. The van der Waals surface area contributed by atoms with Gasteiger partial charge in [0.1, 0.15) is 5.76 Å². The van der Waals surface area contributed by atoms with Gasteiger partial charge in [0.2, 0.25) is 0 Å². The summed E-state index contributed by atoms with van der Waals surface area (Å²) in [5.74, 6) is 0.855. The van der Waals surface area contributed by atoms with Crippen molar-refractivity contribution in [1.82, 2.24) is 5.32 Å². The first kappa shape index (κ1) is 14.1. The van der Waals surface area contributed by atoms with Crippen molar-refractivity contribution in [2.24, 2.45) is 0 Å². The second kappa shape index (κ2) is 7.28. The lowest BCUT2D eigenvalue weighted by Crippen LogP contribution is -2.27. The summed E-state index contributed by atoms with van der Waals surface area (Å²) in [5.41, 5.74) is 0. The molecule has 0 aliphatic heterocycles. The summed E-state index contributed by atoms with van der Waals surface area (Å²) in [6, 6.07) is 7.98. The van der Waals surface area contributed by atoms with Gasteiger partial charge in [-0.05, 0) is 43.0 Å². The van der Waals surface area contributed by atoms with E-state index in [1.807, 2.05) is 41.8 Å². The Kier molecular flexibility index (Phi) is 5.39. The van der Waals surface area contributed by atoms with E-state index in [1.54, 1.807) is 17.6 Å². The molecule has 0 aromatic carbocycles. The first-order valence-corrected chi connectivity index (χ1v) is 7.28. The van der Waals surface area contributed by atoms with E-state index in [-0.39, 0.29) is 12.1 Å². The van der Waals surface area contributed by atoms with Gasteiger partial charge < -0.3 is 14.8 Å². The van der Waals surface area contributed by atoms with Crippen molar-refractivity contribution in [3.05, 3.63) is 52.6 Å². The Morgan fingerprint density at radius 2 is 2.32 bits per heavy atom. The minimum Gasteiger partial charge on any atom is -0.465 e. The molecule has 2 aromatic heterocycles. The molecule has 0 fully saturated rings. The fraction of sp³-hybridized carbons (Fsp3) is 0.333. The molecule has 0 saturated carbocycles. The fourth-order valence-corrected chi connectivity index (χ4v) is 2.57. The molecule has 0 aliphatic rings. The van der Waals surface area contributed by atoms with Gasteiger partial charge in [0, 0.05) is 17.5 Å². The van der Waals surface area contributed by atoms with E-state index in [0.29, 0.717) is 0 Å². The van der Waals surface area contributed by atoms with Gasteiger partial charge in [0.05, 0.1) is 12.4 Å². The SMILES string of the molecule is CC(CC(O)c1cccs1)NC/C=C/c1ccco1. The van der Waals surface area contributed by atoms with Gasteiger partial charge in [0.15, 0.2) is 0 Å². The molecule has 2 unspecified atom stereocenters. The predicted molar refractivity (Wildman–Crippen MR) is 79.1 cm³/mol. The lowest BCUT2D eigenvalue weighted by molar-refractivity contribution is 0.158. The predicted octanol–water partition coefficient (Wildman–Crippen LogP) is 3.46. The number of hydrogen-bond acceptors (Lipinski definition) is 4. The number of aliphatic hydroxyl groups is 1. The van der Waals surface area contributed by atoms with E-state index >= 15 is 0 Å². The van der Waals surface area contributed by atoms with Gasteiger partial charge in [-0.3, -0.25) is 0 Å². The van der Waals surface area contributed by atoms with Crippen LogP contribution < -0.4 is 5.32 Å². The Balaban J connectivity index is 1.68. The number of thiophene rings is 1. The van der Waals surface area contributed by atoms with Crippen molar-refractivity contribution in [3.8, 4) is 0 Å². The third kappa shape index (κ3) is 4.67. The molecule has 0 radical (unpaired) electrons. The molecule has 4 heteroatoms. The third-order valence-corrected chi connectivity index (χ3v) is 3.83. The van der Waals surface area contributed by atoms with Crippen LogP contribution in [0.4, 0.5) is 0 Å². The van der Waals surface area contributed by atoms with Crippen LogP contribution in [0.3, 0.4) is 0 Å². The van der Waals surface area contributed by atoms with Crippen LogP contribution in [-0.4, -0.2) is 17.7 Å². The lowest BCUT2D eigenvalue weighted by Gasteiger charge is -2.16. The van der Waals surface area contributed by atoms with Crippen molar-refractivity contribution in [3.63, 3.8) is 0 Å². The van der Waals surface area contributed by atoms with E-state index in [2.05, 4.69) is 12.2 Å². The van der Waals surface area contributed by atoms with E-state index < -0.39 is 0 Å². The molecule has 3 nitrogen and oxygen atoms in total. The summed E-state index contributed by atoms with van der Waals surface area (Å²) >= 11 is 1.60. The van der Waals surface area contributed by atoms with Gasteiger partial charge in [-0.2, -0.15) is 0 Å². The first-order valence-electron chi connectivity index (χ1n) is 6.40. The van der Waals surface area contributed by atoms with Crippen molar-refractivity contribution in [1.29, 1.82) is 0 Å². The quantitative estimate of drug-likeness (QED) is 0.814. The van der Waals surface area contributed by atoms with Crippen LogP contribution in [0.15, 0.2) is 46.4 Å². The summed E-state index contributed by atoms with van der Waals surface area (Å²) in [6.07, 6.45) is 5.96. The molecule has 0 bridgehead atoms. The number of aliphatic hydroxyl groups excluding tert-OH is 1. The maximum atomic E-state index is 10.0. The fourth-order valence-electron chi connectivity index (χ4n) is 1.85. The highest BCUT2D eigenvalue weighted by molar-refractivity contribution is 7.10. The van der Waals surface area contributed by atoms with Gasteiger partial charge in [-0.1, -0.05) is 12.1 Å². The van der Waals surface area contributed by atoms with Crippen LogP contribution in [-0.2, 0) is 0 Å². The zero-order valence-corrected chi connectivity index (χ0v) is 11.8. The highest BCUT2D eigenvalue weighted by atomic mass is 32.1. The average molecular weight is 277 g/mol. The zero-order valence-electron chi connectivity index (χ0n) is 11.0. The average Bonchev–Trinajstić information content (AvgIpc) is 3.07. The molecule has 0 saturated heterocycles. The zero-order chi connectivity index (χ0) is 13.5. The second-order valence-electron chi connectivity index (χ2n) is 4.49. The van der Waals surface area contributed by atoms with Crippen LogP contribution >= 0.6 is 11.3 Å². The molecule has 19 heavy (non-hydrogen) atoms. The highest BCUT2D eigenvalue weighted by Gasteiger charge is 2.12. The maximum absolute atomic E-state index is 10.0. The maximum Gasteiger partial charge on any atom is 0.126 e. The molecule has 2 rings (SSSR count). The number of rotatable bonds is 7. The van der Waals surface area contributed by atoms with Crippen molar-refractivity contribution in [2.75, 3.05) is 6.54 Å². The molecule has 0 aliphatic carbocycles. The van der Waals surface area contributed by atoms with E-state index in [9.17, 15) is 5.11 Å². The molecule has 2 heterocycles. The molecular weight excluding hydrogens is 258 g/mol. The largest absolute Gasteiger partial charge is 0.465 e. The summed E-state index contributed by atoms with van der Waals surface area (Å²) < 4.78 is 5.20. The molecule has 0 spiro atoms.